The Morgan fingerprint density at radius 3 is 2.83 bits per heavy atom. The van der Waals surface area contributed by atoms with Crippen molar-refractivity contribution in [1.29, 1.82) is 0 Å². The van der Waals surface area contributed by atoms with Crippen molar-refractivity contribution in [2.45, 2.75) is 13.0 Å². The van der Waals surface area contributed by atoms with Crippen LogP contribution in [0, 0.1) is 10.1 Å². The summed E-state index contributed by atoms with van der Waals surface area (Å²) in [6.07, 6.45) is 1.57. The molecular formula is C14H13N5O3S. The number of rotatable bonds is 5. The highest BCUT2D eigenvalue weighted by Crippen LogP contribution is 2.28. The van der Waals surface area contributed by atoms with Gasteiger partial charge in [0.15, 0.2) is 0 Å². The Hall–Kier alpha value is -2.94. The van der Waals surface area contributed by atoms with Crippen LogP contribution in [0.2, 0.25) is 0 Å². The summed E-state index contributed by atoms with van der Waals surface area (Å²) in [6.45, 7) is 1.62. The highest BCUT2D eigenvalue weighted by molar-refractivity contribution is 7.15. The van der Waals surface area contributed by atoms with E-state index < -0.39 is 11.0 Å². The maximum atomic E-state index is 12.2. The Morgan fingerprint density at radius 1 is 1.39 bits per heavy atom. The van der Waals surface area contributed by atoms with E-state index in [1.54, 1.807) is 30.6 Å². The third-order valence-corrected chi connectivity index (χ3v) is 3.95. The summed E-state index contributed by atoms with van der Waals surface area (Å²) in [5, 5.41) is 18.5. The number of hydrogen-bond acceptors (Lipinski definition) is 6. The zero-order valence-corrected chi connectivity index (χ0v) is 12.9. The van der Waals surface area contributed by atoms with Crippen LogP contribution >= 0.6 is 11.3 Å². The number of aromatic nitrogens is 2. The predicted molar refractivity (Wildman–Crippen MR) is 87.9 cm³/mol. The second kappa shape index (κ2) is 6.05. The molecule has 0 aliphatic rings. The van der Waals surface area contributed by atoms with Gasteiger partial charge in [-0.15, -0.1) is 0 Å². The monoisotopic (exact) mass is 331 g/mol. The number of thiazole rings is 1. The molecule has 0 spiro atoms. The van der Waals surface area contributed by atoms with Crippen LogP contribution in [0.3, 0.4) is 0 Å². The number of carbonyl (C=O) groups is 1. The summed E-state index contributed by atoms with van der Waals surface area (Å²) in [4.78, 5) is 27.6. The number of imidazole rings is 1. The zero-order chi connectivity index (χ0) is 16.4. The Bertz CT molecular complexity index is 858. The number of nitrogens with one attached hydrogen (secondary N) is 2. The SMILES string of the molecule is CC(Nc1nc2sccn2c1[N+](=O)[O-])C(=O)Nc1ccccc1. The van der Waals surface area contributed by atoms with Crippen LogP contribution in [0.25, 0.3) is 4.96 Å². The highest BCUT2D eigenvalue weighted by atomic mass is 32.1. The normalized spacial score (nSPS) is 12.0. The van der Waals surface area contributed by atoms with Crippen LogP contribution in [0.5, 0.6) is 0 Å². The van der Waals surface area contributed by atoms with E-state index >= 15 is 0 Å². The van der Waals surface area contributed by atoms with Gasteiger partial charge < -0.3 is 20.7 Å². The molecule has 9 heteroatoms. The van der Waals surface area contributed by atoms with Crippen LogP contribution in [0.1, 0.15) is 6.92 Å². The molecule has 1 aromatic carbocycles. The lowest BCUT2D eigenvalue weighted by molar-refractivity contribution is -0.389. The Labute approximate surface area is 134 Å². The molecule has 1 unspecified atom stereocenters. The van der Waals surface area contributed by atoms with Gasteiger partial charge in [-0.25, -0.2) is 0 Å². The second-order valence-electron chi connectivity index (χ2n) is 4.82. The molecule has 0 fully saturated rings. The van der Waals surface area contributed by atoms with Crippen molar-refractivity contribution in [2.24, 2.45) is 0 Å². The molecule has 0 aliphatic carbocycles. The quantitative estimate of drug-likeness (QED) is 0.553. The van der Waals surface area contributed by atoms with Crippen molar-refractivity contribution in [1.82, 2.24) is 9.38 Å². The van der Waals surface area contributed by atoms with Gasteiger partial charge in [-0.1, -0.05) is 29.5 Å². The first-order valence-corrected chi connectivity index (χ1v) is 7.66. The molecule has 2 aromatic heterocycles. The number of anilines is 2. The standard InChI is InChI=1S/C14H13N5O3S/c1-9(12(20)16-10-5-3-2-4-6-10)15-11-13(19(21)22)18-7-8-23-14(18)17-11/h2-9,15H,1H3,(H,16,20). The lowest BCUT2D eigenvalue weighted by atomic mass is 10.2. The minimum absolute atomic E-state index is 0.0811. The zero-order valence-electron chi connectivity index (χ0n) is 12.1. The van der Waals surface area contributed by atoms with E-state index in [2.05, 4.69) is 15.6 Å². The number of hydrogen-bond donors (Lipinski definition) is 2. The topological polar surface area (TPSA) is 102 Å². The van der Waals surface area contributed by atoms with Crippen molar-refractivity contribution in [3.63, 3.8) is 0 Å². The summed E-state index contributed by atoms with van der Waals surface area (Å²) in [7, 11) is 0. The van der Waals surface area contributed by atoms with Gasteiger partial charge in [-0.3, -0.25) is 4.79 Å². The van der Waals surface area contributed by atoms with E-state index in [-0.39, 0.29) is 17.5 Å². The number of nitro groups is 1. The first-order chi connectivity index (χ1) is 11.1. The fraction of sp³-hybridized carbons (Fsp3) is 0.143. The fourth-order valence-electron chi connectivity index (χ4n) is 2.09. The number of nitrogens with zero attached hydrogens (tertiary/aromatic N) is 3. The van der Waals surface area contributed by atoms with Gasteiger partial charge in [-0.2, -0.15) is 9.38 Å². The van der Waals surface area contributed by atoms with E-state index in [4.69, 9.17) is 0 Å². The van der Waals surface area contributed by atoms with Gasteiger partial charge in [0.25, 0.3) is 4.96 Å². The second-order valence-corrected chi connectivity index (χ2v) is 5.69. The van der Waals surface area contributed by atoms with Crippen LogP contribution < -0.4 is 10.6 Å². The average molecular weight is 331 g/mol. The van der Waals surface area contributed by atoms with Gasteiger partial charge in [0.1, 0.15) is 12.2 Å². The summed E-state index contributed by atoms with van der Waals surface area (Å²) >= 11 is 1.28. The van der Waals surface area contributed by atoms with E-state index in [0.29, 0.717) is 10.6 Å². The molecule has 2 N–H and O–H groups in total. The van der Waals surface area contributed by atoms with Crippen LogP contribution in [0.4, 0.5) is 17.3 Å². The average Bonchev–Trinajstić information content (AvgIpc) is 3.08. The number of benzene rings is 1. The molecule has 0 saturated heterocycles. The first kappa shape index (κ1) is 15.0. The molecule has 0 radical (unpaired) electrons. The molecule has 23 heavy (non-hydrogen) atoms. The molecule has 0 bridgehead atoms. The van der Waals surface area contributed by atoms with Crippen molar-refractivity contribution < 1.29 is 9.72 Å². The Balaban J connectivity index is 1.78. The Morgan fingerprint density at radius 2 is 2.13 bits per heavy atom. The number of carbonyl (C=O) groups excluding carboxylic acids is 1. The molecule has 1 atom stereocenters. The van der Waals surface area contributed by atoms with Crippen LogP contribution in [-0.4, -0.2) is 26.3 Å². The molecule has 2 heterocycles. The van der Waals surface area contributed by atoms with Crippen LogP contribution in [0.15, 0.2) is 41.9 Å². The molecule has 0 aliphatic heterocycles. The third-order valence-electron chi connectivity index (χ3n) is 3.20. The van der Waals surface area contributed by atoms with E-state index in [1.165, 1.54) is 15.7 Å². The number of para-hydroxylation sites is 1. The minimum atomic E-state index is -0.682. The molecule has 1 amide bonds. The highest BCUT2D eigenvalue weighted by Gasteiger charge is 2.26. The van der Waals surface area contributed by atoms with Crippen molar-refractivity contribution >= 4 is 39.5 Å². The molecular weight excluding hydrogens is 318 g/mol. The number of amides is 1. The van der Waals surface area contributed by atoms with E-state index in [0.717, 1.165) is 0 Å². The van der Waals surface area contributed by atoms with Crippen LogP contribution in [-0.2, 0) is 4.79 Å². The summed E-state index contributed by atoms with van der Waals surface area (Å²) in [6, 6.07) is 8.31. The van der Waals surface area contributed by atoms with Gasteiger partial charge in [0.2, 0.25) is 11.7 Å². The van der Waals surface area contributed by atoms with Crippen molar-refractivity contribution in [3.05, 3.63) is 52.0 Å². The Kier molecular flexibility index (Phi) is 3.94. The molecule has 118 valence electrons. The third kappa shape index (κ3) is 2.99. The summed E-state index contributed by atoms with van der Waals surface area (Å²) in [5.41, 5.74) is 0.659. The van der Waals surface area contributed by atoms with Crippen molar-refractivity contribution in [2.75, 3.05) is 10.6 Å². The smallest absolute Gasteiger partial charge is 0.358 e. The van der Waals surface area contributed by atoms with Gasteiger partial charge in [0, 0.05) is 11.1 Å². The largest absolute Gasteiger partial charge is 0.372 e. The van der Waals surface area contributed by atoms with Crippen molar-refractivity contribution in [3.8, 4) is 0 Å². The minimum Gasteiger partial charge on any atom is -0.358 e. The van der Waals surface area contributed by atoms with E-state index in [1.807, 2.05) is 18.2 Å². The molecule has 8 nitrogen and oxygen atoms in total. The van der Waals surface area contributed by atoms with E-state index in [9.17, 15) is 14.9 Å². The lowest BCUT2D eigenvalue weighted by Crippen LogP contribution is -2.32. The first-order valence-electron chi connectivity index (χ1n) is 6.78. The van der Waals surface area contributed by atoms with Gasteiger partial charge >= 0.3 is 5.82 Å². The van der Waals surface area contributed by atoms with Gasteiger partial charge in [0.05, 0.1) is 0 Å². The molecule has 3 aromatic rings. The maximum Gasteiger partial charge on any atom is 0.372 e. The lowest BCUT2D eigenvalue weighted by Gasteiger charge is -2.13. The van der Waals surface area contributed by atoms with Gasteiger partial charge in [-0.05, 0) is 24.0 Å². The predicted octanol–water partition coefficient (Wildman–Crippen LogP) is 2.74. The molecule has 0 saturated carbocycles. The summed E-state index contributed by atoms with van der Waals surface area (Å²) in [5.74, 6) is -0.403. The molecule has 3 rings (SSSR count). The summed E-state index contributed by atoms with van der Waals surface area (Å²) < 4.78 is 1.38. The number of fused-ring (bicyclic) bond motifs is 1. The fourth-order valence-corrected chi connectivity index (χ4v) is 2.80. The maximum absolute atomic E-state index is 12.2.